The van der Waals surface area contributed by atoms with E-state index in [1.807, 2.05) is 0 Å². The molecule has 0 aromatic carbocycles. The molecule has 0 bridgehead atoms. The quantitative estimate of drug-likeness (QED) is 0.850. The fraction of sp³-hybridized carbons (Fsp3) is 0.636. The van der Waals surface area contributed by atoms with Crippen molar-refractivity contribution in [3.8, 4) is 0 Å². The van der Waals surface area contributed by atoms with E-state index in [0.29, 0.717) is 12.1 Å². The molecule has 1 aliphatic rings. The van der Waals surface area contributed by atoms with Gasteiger partial charge in [-0.15, -0.1) is 11.3 Å². The molecule has 1 fully saturated rings. The van der Waals surface area contributed by atoms with Gasteiger partial charge in [-0.05, 0) is 57.7 Å². The van der Waals surface area contributed by atoms with Crippen LogP contribution in [-0.4, -0.2) is 18.8 Å². The Morgan fingerprint density at radius 2 is 2.25 bits per heavy atom. The molecule has 5 heteroatoms. The Kier molecular flexibility index (Phi) is 4.85. The highest BCUT2D eigenvalue weighted by Gasteiger charge is 2.28. The van der Waals surface area contributed by atoms with Gasteiger partial charge in [0.1, 0.15) is 0 Å². The van der Waals surface area contributed by atoms with Gasteiger partial charge in [0.15, 0.2) is 0 Å². The first-order valence-corrected chi connectivity index (χ1v) is 7.88. The number of nitrogens with one attached hydrogen (secondary N) is 1. The summed E-state index contributed by atoms with van der Waals surface area (Å²) in [5.74, 6) is 0. The molecule has 1 aromatic heterocycles. The summed E-state index contributed by atoms with van der Waals surface area (Å²) >= 11 is 8.79. The maximum absolute atomic E-state index is 5.53. The lowest BCUT2D eigenvalue weighted by Gasteiger charge is -2.35. The van der Waals surface area contributed by atoms with Crippen LogP contribution in [0.15, 0.2) is 14.3 Å². The molecule has 0 aliphatic heterocycles. The van der Waals surface area contributed by atoms with Gasteiger partial charge in [-0.3, -0.25) is 0 Å². The Balaban J connectivity index is 1.69. The van der Waals surface area contributed by atoms with E-state index in [-0.39, 0.29) is 0 Å². The van der Waals surface area contributed by atoms with Crippen LogP contribution in [-0.2, 0) is 11.3 Å². The topological polar surface area (TPSA) is 21.3 Å². The summed E-state index contributed by atoms with van der Waals surface area (Å²) in [5.41, 5.74) is 0. The van der Waals surface area contributed by atoms with Crippen LogP contribution in [0, 0.1) is 0 Å². The molecule has 2 rings (SSSR count). The molecule has 2 nitrogen and oxygen atoms in total. The minimum absolute atomic E-state index is 0.490. The van der Waals surface area contributed by atoms with Gasteiger partial charge >= 0.3 is 0 Å². The predicted octanol–water partition coefficient (Wildman–Crippen LogP) is 3.93. The minimum atomic E-state index is 0.490. The van der Waals surface area contributed by atoms with E-state index >= 15 is 0 Å². The Morgan fingerprint density at radius 3 is 2.81 bits per heavy atom. The van der Waals surface area contributed by atoms with Crippen LogP contribution in [0.2, 0.25) is 0 Å². The maximum atomic E-state index is 5.53. The number of hydrogen-bond donors (Lipinski definition) is 1. The van der Waals surface area contributed by atoms with Gasteiger partial charge < -0.3 is 10.1 Å². The number of hydrogen-bond acceptors (Lipinski definition) is 3. The lowest BCUT2D eigenvalue weighted by molar-refractivity contribution is -0.0101. The summed E-state index contributed by atoms with van der Waals surface area (Å²) in [7, 11) is 0. The molecule has 90 valence electrons. The summed E-state index contributed by atoms with van der Waals surface area (Å²) in [6, 6.07) is 2.80. The zero-order valence-corrected chi connectivity index (χ0v) is 13.1. The summed E-state index contributed by atoms with van der Waals surface area (Å²) in [4.78, 5) is 1.36. The third-order valence-corrected chi connectivity index (χ3v) is 6.01. The molecule has 1 aliphatic carbocycles. The fourth-order valence-corrected chi connectivity index (χ4v) is 3.96. The normalized spacial score (nSPS) is 24.4. The average molecular weight is 369 g/mol. The van der Waals surface area contributed by atoms with Crippen LogP contribution in [0.5, 0.6) is 0 Å². The highest BCUT2D eigenvalue weighted by Crippen LogP contribution is 2.32. The highest BCUT2D eigenvalue weighted by atomic mass is 79.9. The van der Waals surface area contributed by atoms with Crippen molar-refractivity contribution in [1.82, 2.24) is 5.32 Å². The summed E-state index contributed by atoms with van der Waals surface area (Å²) in [6.45, 7) is 3.85. The average Bonchev–Trinajstić information content (AvgIpc) is 2.50. The van der Waals surface area contributed by atoms with Crippen LogP contribution >= 0.6 is 43.2 Å². The third-order valence-electron chi connectivity index (χ3n) is 2.76. The molecular weight excluding hydrogens is 354 g/mol. The van der Waals surface area contributed by atoms with Gasteiger partial charge in [-0.2, -0.15) is 0 Å². The van der Waals surface area contributed by atoms with Crippen LogP contribution in [0.1, 0.15) is 24.6 Å². The van der Waals surface area contributed by atoms with Crippen molar-refractivity contribution in [3.05, 3.63) is 19.2 Å². The van der Waals surface area contributed by atoms with Gasteiger partial charge in [0.05, 0.1) is 9.89 Å². The first-order chi connectivity index (χ1) is 7.69. The summed E-state index contributed by atoms with van der Waals surface area (Å²) < 4.78 is 7.85. The molecule has 0 spiro atoms. The highest BCUT2D eigenvalue weighted by molar-refractivity contribution is 9.13. The zero-order chi connectivity index (χ0) is 11.5. The van der Waals surface area contributed by atoms with E-state index in [2.05, 4.69) is 50.2 Å². The second-order valence-electron chi connectivity index (χ2n) is 3.96. The van der Waals surface area contributed by atoms with Gasteiger partial charge in [-0.1, -0.05) is 0 Å². The second-order valence-corrected chi connectivity index (χ2v) is 7.27. The molecule has 1 heterocycles. The molecule has 0 atom stereocenters. The molecule has 1 saturated carbocycles. The molecule has 1 aromatic rings. The first kappa shape index (κ1) is 13.0. The van der Waals surface area contributed by atoms with Gasteiger partial charge in [0.2, 0.25) is 0 Å². The van der Waals surface area contributed by atoms with Crippen LogP contribution in [0.4, 0.5) is 0 Å². The standard InChI is InChI=1S/C11H15Br2NOS/c1-2-15-8-3-7(4-8)14-6-9-5-10(12)11(13)16-9/h5,7-8,14H,2-4,6H2,1H3. The van der Waals surface area contributed by atoms with Crippen LogP contribution in [0.3, 0.4) is 0 Å². The molecule has 0 amide bonds. The van der Waals surface area contributed by atoms with Crippen molar-refractivity contribution in [2.75, 3.05) is 6.61 Å². The zero-order valence-electron chi connectivity index (χ0n) is 9.13. The Bertz CT molecular complexity index is 330. The van der Waals surface area contributed by atoms with Crippen molar-refractivity contribution in [1.29, 1.82) is 0 Å². The van der Waals surface area contributed by atoms with E-state index in [4.69, 9.17) is 4.74 Å². The number of ether oxygens (including phenoxy) is 1. The molecular formula is C11H15Br2NOS. The maximum Gasteiger partial charge on any atom is 0.0843 e. The van der Waals surface area contributed by atoms with Crippen molar-refractivity contribution < 1.29 is 4.74 Å². The fourth-order valence-electron chi connectivity index (χ4n) is 1.83. The lowest BCUT2D eigenvalue weighted by atomic mass is 9.89. The van der Waals surface area contributed by atoms with Crippen molar-refractivity contribution in [2.24, 2.45) is 0 Å². The van der Waals surface area contributed by atoms with E-state index in [1.54, 1.807) is 11.3 Å². The molecule has 1 N–H and O–H groups in total. The lowest BCUT2D eigenvalue weighted by Crippen LogP contribution is -2.44. The van der Waals surface area contributed by atoms with Crippen LogP contribution in [0.25, 0.3) is 0 Å². The van der Waals surface area contributed by atoms with Crippen LogP contribution < -0.4 is 5.32 Å². The van der Waals surface area contributed by atoms with Gasteiger partial charge in [-0.25, -0.2) is 0 Å². The van der Waals surface area contributed by atoms with E-state index in [0.717, 1.165) is 30.5 Å². The van der Waals surface area contributed by atoms with Gasteiger partial charge in [0.25, 0.3) is 0 Å². The summed E-state index contributed by atoms with van der Waals surface area (Å²) in [5, 5.41) is 3.55. The second kappa shape index (κ2) is 5.96. The predicted molar refractivity (Wildman–Crippen MR) is 75.0 cm³/mol. The summed E-state index contributed by atoms with van der Waals surface area (Å²) in [6.07, 6.45) is 2.80. The monoisotopic (exact) mass is 367 g/mol. The molecule has 0 unspecified atom stereocenters. The van der Waals surface area contributed by atoms with Crippen molar-refractivity contribution in [3.63, 3.8) is 0 Å². The Hall–Kier alpha value is 0.580. The van der Waals surface area contributed by atoms with Crippen molar-refractivity contribution >= 4 is 43.2 Å². The van der Waals surface area contributed by atoms with E-state index < -0.39 is 0 Å². The molecule has 16 heavy (non-hydrogen) atoms. The van der Waals surface area contributed by atoms with E-state index in [9.17, 15) is 0 Å². The van der Waals surface area contributed by atoms with E-state index in [1.165, 1.54) is 8.66 Å². The first-order valence-electron chi connectivity index (χ1n) is 5.47. The largest absolute Gasteiger partial charge is 0.378 e. The Labute approximate surface area is 117 Å². The SMILES string of the molecule is CCOC1CC(NCc2cc(Br)c(Br)s2)C1. The minimum Gasteiger partial charge on any atom is -0.378 e. The van der Waals surface area contributed by atoms with Crippen molar-refractivity contribution in [2.45, 2.75) is 38.5 Å². The van der Waals surface area contributed by atoms with Gasteiger partial charge in [0, 0.05) is 28.5 Å². The number of rotatable bonds is 5. The molecule has 0 radical (unpaired) electrons. The number of thiophene rings is 1. The third kappa shape index (κ3) is 3.29. The molecule has 0 saturated heterocycles. The Morgan fingerprint density at radius 1 is 1.50 bits per heavy atom. The number of halogens is 2. The smallest absolute Gasteiger partial charge is 0.0843 e.